The molecule has 4 aromatic rings. The number of amides is 1. The third kappa shape index (κ3) is 4.25. The number of primary amides is 1. The van der Waals surface area contributed by atoms with Crippen LogP contribution in [0, 0.1) is 0 Å². The van der Waals surface area contributed by atoms with Gasteiger partial charge < -0.3 is 20.1 Å². The van der Waals surface area contributed by atoms with E-state index in [2.05, 4.69) is 10.1 Å². The highest BCUT2D eigenvalue weighted by molar-refractivity contribution is 5.87. The number of ether oxygens (including phenoxy) is 2. The molecule has 0 unspecified atom stereocenters. The van der Waals surface area contributed by atoms with Gasteiger partial charge >= 0.3 is 0 Å². The zero-order valence-electron chi connectivity index (χ0n) is 17.4. The van der Waals surface area contributed by atoms with Gasteiger partial charge in [0.15, 0.2) is 0 Å². The molecule has 0 fully saturated rings. The van der Waals surface area contributed by atoms with Gasteiger partial charge in [0.2, 0.25) is 5.91 Å². The van der Waals surface area contributed by atoms with Crippen LogP contribution >= 0.6 is 0 Å². The summed E-state index contributed by atoms with van der Waals surface area (Å²) in [4.78, 5) is 22.9. The molecule has 0 atom stereocenters. The second-order valence-corrected chi connectivity index (χ2v) is 6.95. The molecule has 0 spiro atoms. The van der Waals surface area contributed by atoms with E-state index in [1.54, 1.807) is 42.3 Å². The number of fused-ring (bicyclic) bond motifs is 1. The Morgan fingerprint density at radius 2 is 1.77 bits per heavy atom. The number of anilines is 2. The Morgan fingerprint density at radius 1 is 1.03 bits per heavy atom. The van der Waals surface area contributed by atoms with E-state index in [-0.39, 0.29) is 6.54 Å². The first-order chi connectivity index (χ1) is 15.0. The Bertz CT molecular complexity index is 1230. The highest BCUT2D eigenvalue weighted by Crippen LogP contribution is 2.34. The summed E-state index contributed by atoms with van der Waals surface area (Å²) in [5, 5.41) is 4.19. The number of nitrogens with two attached hydrogens (primary N) is 1. The smallest absolute Gasteiger partial charge is 0.237 e. The molecule has 9 heteroatoms. The van der Waals surface area contributed by atoms with E-state index in [1.807, 2.05) is 43.6 Å². The van der Waals surface area contributed by atoms with Crippen molar-refractivity contribution in [2.75, 3.05) is 25.7 Å². The maximum Gasteiger partial charge on any atom is 0.237 e. The van der Waals surface area contributed by atoms with Crippen LogP contribution in [0.15, 0.2) is 55.0 Å². The molecule has 158 valence electrons. The highest BCUT2D eigenvalue weighted by Gasteiger charge is 2.16. The van der Waals surface area contributed by atoms with E-state index in [1.165, 1.54) is 0 Å². The lowest BCUT2D eigenvalue weighted by molar-refractivity contribution is -0.116. The van der Waals surface area contributed by atoms with Crippen molar-refractivity contribution < 1.29 is 14.3 Å². The molecule has 4 rings (SSSR count). The Morgan fingerprint density at radius 3 is 2.39 bits per heavy atom. The molecule has 0 aliphatic heterocycles. The Balaban J connectivity index is 1.81. The molecule has 0 aliphatic rings. The molecule has 2 aromatic carbocycles. The standard InChI is InChI=1S/C22H22N6O3/c1-27-12-14(10-25-27)21-11-24-19-5-4-15(8-20(19)26-21)28(13-22(23)29)16-6-17(30-2)9-18(7-16)31-3/h4-12H,13H2,1-3H3,(H2,23,29). The monoisotopic (exact) mass is 418 g/mol. The number of nitrogens with zero attached hydrogens (tertiary/aromatic N) is 5. The van der Waals surface area contributed by atoms with Gasteiger partial charge in [-0.3, -0.25) is 14.5 Å². The molecule has 0 aliphatic carbocycles. The third-order valence-corrected chi connectivity index (χ3v) is 4.80. The van der Waals surface area contributed by atoms with Crippen LogP contribution in [-0.2, 0) is 11.8 Å². The minimum atomic E-state index is -0.475. The van der Waals surface area contributed by atoms with Crippen molar-refractivity contribution in [2.45, 2.75) is 0 Å². The maximum absolute atomic E-state index is 11.9. The Hall–Kier alpha value is -4.14. The predicted molar refractivity (Wildman–Crippen MR) is 117 cm³/mol. The van der Waals surface area contributed by atoms with Gasteiger partial charge in [-0.05, 0) is 18.2 Å². The van der Waals surface area contributed by atoms with Crippen LogP contribution in [0.1, 0.15) is 0 Å². The number of aryl methyl sites for hydroxylation is 1. The van der Waals surface area contributed by atoms with Crippen LogP contribution < -0.4 is 20.1 Å². The molecule has 0 bridgehead atoms. The lowest BCUT2D eigenvalue weighted by atomic mass is 10.2. The molecule has 1 amide bonds. The van der Waals surface area contributed by atoms with Gasteiger partial charge in [0.25, 0.3) is 0 Å². The van der Waals surface area contributed by atoms with E-state index < -0.39 is 5.91 Å². The van der Waals surface area contributed by atoms with Crippen LogP contribution in [0.2, 0.25) is 0 Å². The zero-order valence-corrected chi connectivity index (χ0v) is 17.4. The lowest BCUT2D eigenvalue weighted by Gasteiger charge is -2.24. The fraction of sp³-hybridized carbons (Fsp3) is 0.182. The number of carbonyl (C=O) groups is 1. The largest absolute Gasteiger partial charge is 0.497 e. The Kier molecular flexibility index (Phi) is 5.40. The van der Waals surface area contributed by atoms with Crippen LogP contribution in [0.25, 0.3) is 22.3 Å². The van der Waals surface area contributed by atoms with Gasteiger partial charge in [-0.25, -0.2) is 4.98 Å². The van der Waals surface area contributed by atoms with Crippen molar-refractivity contribution >= 4 is 28.3 Å². The first-order valence-electron chi connectivity index (χ1n) is 9.51. The van der Waals surface area contributed by atoms with Crippen LogP contribution in [0.4, 0.5) is 11.4 Å². The highest BCUT2D eigenvalue weighted by atomic mass is 16.5. The first kappa shape index (κ1) is 20.1. The molecule has 31 heavy (non-hydrogen) atoms. The summed E-state index contributed by atoms with van der Waals surface area (Å²) in [5.74, 6) is 0.726. The van der Waals surface area contributed by atoms with E-state index in [9.17, 15) is 4.79 Å². The number of aromatic nitrogens is 4. The van der Waals surface area contributed by atoms with Crippen molar-refractivity contribution in [3.8, 4) is 22.8 Å². The average Bonchev–Trinajstić information content (AvgIpc) is 3.22. The van der Waals surface area contributed by atoms with E-state index >= 15 is 0 Å². The maximum atomic E-state index is 11.9. The molecule has 2 N–H and O–H groups in total. The summed E-state index contributed by atoms with van der Waals surface area (Å²) < 4.78 is 12.5. The number of hydrogen-bond donors (Lipinski definition) is 1. The van der Waals surface area contributed by atoms with Crippen molar-refractivity contribution in [1.29, 1.82) is 0 Å². The van der Waals surface area contributed by atoms with Crippen LogP contribution in [0.5, 0.6) is 11.5 Å². The van der Waals surface area contributed by atoms with Gasteiger partial charge in [0, 0.05) is 48.4 Å². The summed E-state index contributed by atoms with van der Waals surface area (Å²) in [7, 11) is 4.99. The fourth-order valence-electron chi connectivity index (χ4n) is 3.30. The van der Waals surface area contributed by atoms with Crippen molar-refractivity contribution in [1.82, 2.24) is 19.7 Å². The number of benzene rings is 2. The van der Waals surface area contributed by atoms with Crippen molar-refractivity contribution in [2.24, 2.45) is 12.8 Å². The van der Waals surface area contributed by atoms with Gasteiger partial charge in [0.05, 0.1) is 43.3 Å². The van der Waals surface area contributed by atoms with E-state index in [0.29, 0.717) is 28.4 Å². The summed E-state index contributed by atoms with van der Waals surface area (Å²) >= 11 is 0. The van der Waals surface area contributed by atoms with Crippen LogP contribution in [0.3, 0.4) is 0 Å². The first-order valence-corrected chi connectivity index (χ1v) is 9.51. The topological polar surface area (TPSA) is 108 Å². The molecule has 2 heterocycles. The second kappa shape index (κ2) is 8.31. The predicted octanol–water partition coefficient (Wildman–Crippen LogP) is 2.67. The molecule has 0 radical (unpaired) electrons. The minimum Gasteiger partial charge on any atom is -0.497 e. The third-order valence-electron chi connectivity index (χ3n) is 4.80. The zero-order chi connectivity index (χ0) is 22.0. The summed E-state index contributed by atoms with van der Waals surface area (Å²) in [5.41, 5.74) is 9.98. The average molecular weight is 418 g/mol. The second-order valence-electron chi connectivity index (χ2n) is 6.95. The fourth-order valence-corrected chi connectivity index (χ4v) is 3.30. The van der Waals surface area contributed by atoms with Gasteiger partial charge in [-0.15, -0.1) is 0 Å². The minimum absolute atomic E-state index is 0.0302. The SMILES string of the molecule is COc1cc(OC)cc(N(CC(N)=O)c2ccc3ncc(-c4cnn(C)c4)nc3c2)c1. The number of hydrogen-bond acceptors (Lipinski definition) is 7. The number of methoxy groups -OCH3 is 2. The summed E-state index contributed by atoms with van der Waals surface area (Å²) in [6.45, 7) is -0.0302. The molecule has 0 saturated heterocycles. The van der Waals surface area contributed by atoms with Gasteiger partial charge in [-0.1, -0.05) is 0 Å². The van der Waals surface area contributed by atoms with E-state index in [0.717, 1.165) is 16.8 Å². The summed E-state index contributed by atoms with van der Waals surface area (Å²) in [6, 6.07) is 11.0. The van der Waals surface area contributed by atoms with E-state index in [4.69, 9.17) is 20.2 Å². The lowest BCUT2D eigenvalue weighted by Crippen LogP contribution is -2.30. The van der Waals surface area contributed by atoms with Crippen molar-refractivity contribution in [3.05, 3.63) is 55.0 Å². The van der Waals surface area contributed by atoms with Gasteiger partial charge in [0.1, 0.15) is 18.0 Å². The number of carbonyl (C=O) groups excluding carboxylic acids is 1. The Labute approximate surface area is 179 Å². The number of rotatable bonds is 7. The quantitative estimate of drug-likeness (QED) is 0.491. The molecule has 9 nitrogen and oxygen atoms in total. The van der Waals surface area contributed by atoms with Crippen molar-refractivity contribution in [3.63, 3.8) is 0 Å². The molecular weight excluding hydrogens is 396 g/mol. The molecule has 0 saturated carbocycles. The molecule has 2 aromatic heterocycles. The molecular formula is C22H22N6O3. The summed E-state index contributed by atoms with van der Waals surface area (Å²) in [6.07, 6.45) is 5.33. The normalized spacial score (nSPS) is 10.8. The van der Waals surface area contributed by atoms with Gasteiger partial charge in [-0.2, -0.15) is 5.10 Å². The van der Waals surface area contributed by atoms with Crippen LogP contribution in [-0.4, -0.2) is 46.4 Å².